The van der Waals surface area contributed by atoms with Gasteiger partial charge in [-0.1, -0.05) is 11.6 Å². The molecule has 1 saturated heterocycles. The van der Waals surface area contributed by atoms with Crippen LogP contribution in [0.3, 0.4) is 0 Å². The van der Waals surface area contributed by atoms with Gasteiger partial charge in [-0.05, 0) is 61.4 Å². The van der Waals surface area contributed by atoms with Crippen molar-refractivity contribution >= 4 is 27.3 Å². The molecule has 2 aromatic carbocycles. The van der Waals surface area contributed by atoms with Crippen LogP contribution >= 0.6 is 11.6 Å². The molecule has 0 radical (unpaired) electrons. The van der Waals surface area contributed by atoms with Crippen LogP contribution in [0, 0.1) is 13.8 Å². The lowest BCUT2D eigenvalue weighted by Gasteiger charge is -2.36. The summed E-state index contributed by atoms with van der Waals surface area (Å²) in [5.41, 5.74) is 3.01. The third kappa shape index (κ3) is 3.68. The molecule has 3 rings (SSSR count). The molecular weight excluding hydrogens is 372 g/mol. The maximum Gasteiger partial charge on any atom is 0.243 e. The van der Waals surface area contributed by atoms with E-state index in [9.17, 15) is 8.42 Å². The van der Waals surface area contributed by atoms with Crippen molar-refractivity contribution in [1.82, 2.24) is 4.31 Å². The van der Waals surface area contributed by atoms with Crippen LogP contribution in [-0.2, 0) is 10.0 Å². The molecule has 0 N–H and O–H groups in total. The molecule has 5 nitrogen and oxygen atoms in total. The summed E-state index contributed by atoms with van der Waals surface area (Å²) in [4.78, 5) is 2.52. The van der Waals surface area contributed by atoms with Gasteiger partial charge in [-0.2, -0.15) is 4.31 Å². The molecule has 1 aliphatic heterocycles. The zero-order valence-electron chi connectivity index (χ0n) is 15.2. The molecule has 0 bridgehead atoms. The van der Waals surface area contributed by atoms with Gasteiger partial charge < -0.3 is 9.64 Å². The number of sulfonamides is 1. The highest BCUT2D eigenvalue weighted by molar-refractivity contribution is 7.89. The van der Waals surface area contributed by atoms with E-state index < -0.39 is 10.0 Å². The molecule has 1 aliphatic rings. The summed E-state index contributed by atoms with van der Waals surface area (Å²) < 4.78 is 32.7. The van der Waals surface area contributed by atoms with Crippen LogP contribution in [0.5, 0.6) is 5.75 Å². The van der Waals surface area contributed by atoms with Gasteiger partial charge in [0.15, 0.2) is 0 Å². The van der Waals surface area contributed by atoms with E-state index in [0.29, 0.717) is 41.8 Å². The average Bonchev–Trinajstić information content (AvgIpc) is 2.62. The van der Waals surface area contributed by atoms with Gasteiger partial charge in [-0.15, -0.1) is 0 Å². The van der Waals surface area contributed by atoms with Gasteiger partial charge in [0.2, 0.25) is 10.0 Å². The number of halogens is 1. The van der Waals surface area contributed by atoms with Crippen LogP contribution in [0.25, 0.3) is 0 Å². The molecule has 140 valence electrons. The van der Waals surface area contributed by atoms with Gasteiger partial charge in [0.05, 0.1) is 12.0 Å². The molecule has 0 saturated carbocycles. The Balaban J connectivity index is 1.75. The summed E-state index contributed by atoms with van der Waals surface area (Å²) in [6, 6.07) is 10.8. The first-order chi connectivity index (χ1) is 12.3. The maximum atomic E-state index is 12.9. The Morgan fingerprint density at radius 2 is 1.65 bits per heavy atom. The van der Waals surface area contributed by atoms with Crippen LogP contribution < -0.4 is 9.64 Å². The largest absolute Gasteiger partial charge is 0.496 e. The number of nitrogens with zero attached hydrogens (tertiary/aromatic N) is 2. The van der Waals surface area contributed by atoms with Crippen molar-refractivity contribution < 1.29 is 13.2 Å². The normalized spacial score (nSPS) is 15.9. The predicted octanol–water partition coefficient (Wildman–Crippen LogP) is 3.48. The summed E-state index contributed by atoms with van der Waals surface area (Å²) in [5.74, 6) is 0.687. The average molecular weight is 395 g/mol. The minimum absolute atomic E-state index is 0.312. The summed E-state index contributed by atoms with van der Waals surface area (Å²) in [6.45, 7) is 6.07. The SMILES string of the molecule is COc1ccc(S(=O)(=O)N2CCN(c3ccc(Cl)cc3C)CC2)cc1C. The highest BCUT2D eigenvalue weighted by Crippen LogP contribution is 2.27. The molecule has 1 fully saturated rings. The van der Waals surface area contributed by atoms with Crippen molar-refractivity contribution in [3.63, 3.8) is 0 Å². The van der Waals surface area contributed by atoms with E-state index in [0.717, 1.165) is 16.8 Å². The highest BCUT2D eigenvalue weighted by Gasteiger charge is 2.29. The van der Waals surface area contributed by atoms with Crippen molar-refractivity contribution in [3.05, 3.63) is 52.5 Å². The number of hydrogen-bond acceptors (Lipinski definition) is 4. The maximum absolute atomic E-state index is 12.9. The van der Waals surface area contributed by atoms with Crippen LogP contribution in [0.1, 0.15) is 11.1 Å². The number of hydrogen-bond donors (Lipinski definition) is 0. The molecule has 0 unspecified atom stereocenters. The second-order valence-electron chi connectivity index (χ2n) is 6.45. The third-order valence-corrected chi connectivity index (χ3v) is 6.87. The van der Waals surface area contributed by atoms with E-state index in [4.69, 9.17) is 16.3 Å². The molecule has 2 aromatic rings. The van der Waals surface area contributed by atoms with Crippen LogP contribution in [0.2, 0.25) is 5.02 Å². The van der Waals surface area contributed by atoms with E-state index in [-0.39, 0.29) is 0 Å². The topological polar surface area (TPSA) is 49.9 Å². The van der Waals surface area contributed by atoms with E-state index >= 15 is 0 Å². The first-order valence-electron chi connectivity index (χ1n) is 8.49. The molecular formula is C19H23ClN2O3S. The Kier molecular flexibility index (Phi) is 5.46. The zero-order valence-corrected chi connectivity index (χ0v) is 16.8. The number of anilines is 1. The van der Waals surface area contributed by atoms with Gasteiger partial charge in [-0.3, -0.25) is 0 Å². The summed E-state index contributed by atoms with van der Waals surface area (Å²) in [6.07, 6.45) is 0. The lowest BCUT2D eigenvalue weighted by Crippen LogP contribution is -2.48. The first-order valence-corrected chi connectivity index (χ1v) is 10.3. The van der Waals surface area contributed by atoms with E-state index in [1.54, 1.807) is 29.6 Å². The van der Waals surface area contributed by atoms with Crippen molar-refractivity contribution in [3.8, 4) is 5.75 Å². The number of piperazine rings is 1. The minimum Gasteiger partial charge on any atom is -0.496 e. The fourth-order valence-electron chi connectivity index (χ4n) is 3.30. The molecule has 0 atom stereocenters. The van der Waals surface area contributed by atoms with Gasteiger partial charge >= 0.3 is 0 Å². The predicted molar refractivity (Wildman–Crippen MR) is 105 cm³/mol. The van der Waals surface area contributed by atoms with Crippen LogP contribution in [-0.4, -0.2) is 46.0 Å². The van der Waals surface area contributed by atoms with Crippen LogP contribution in [0.4, 0.5) is 5.69 Å². The lowest BCUT2D eigenvalue weighted by atomic mass is 10.1. The summed E-state index contributed by atoms with van der Waals surface area (Å²) in [7, 11) is -1.92. The Labute approximate surface area is 160 Å². The summed E-state index contributed by atoms with van der Waals surface area (Å²) in [5, 5.41) is 0.710. The van der Waals surface area contributed by atoms with Crippen LogP contribution in [0.15, 0.2) is 41.3 Å². The molecule has 0 amide bonds. The fourth-order valence-corrected chi connectivity index (χ4v) is 5.04. The molecule has 1 heterocycles. The van der Waals surface area contributed by atoms with Crippen molar-refractivity contribution in [1.29, 1.82) is 0 Å². The highest BCUT2D eigenvalue weighted by atomic mass is 35.5. The number of aryl methyl sites for hydroxylation is 2. The Morgan fingerprint density at radius 1 is 0.962 bits per heavy atom. The fraction of sp³-hybridized carbons (Fsp3) is 0.368. The second-order valence-corrected chi connectivity index (χ2v) is 8.83. The lowest BCUT2D eigenvalue weighted by molar-refractivity contribution is 0.384. The number of methoxy groups -OCH3 is 1. The van der Waals surface area contributed by atoms with E-state index in [1.165, 1.54) is 0 Å². The molecule has 0 aromatic heterocycles. The second kappa shape index (κ2) is 7.47. The standard InChI is InChI=1S/C19H23ClN2O3S/c1-14-12-16(20)4-6-18(14)21-8-10-22(11-9-21)26(23,24)17-5-7-19(25-3)15(2)13-17/h4-7,12-13H,8-11H2,1-3H3. The molecule has 0 spiro atoms. The Morgan fingerprint density at radius 3 is 2.23 bits per heavy atom. The minimum atomic E-state index is -3.50. The van der Waals surface area contributed by atoms with Crippen molar-refractivity contribution in [2.45, 2.75) is 18.7 Å². The Hall–Kier alpha value is -1.76. The molecule has 7 heteroatoms. The monoisotopic (exact) mass is 394 g/mol. The zero-order chi connectivity index (χ0) is 18.9. The quantitative estimate of drug-likeness (QED) is 0.796. The Bertz CT molecular complexity index is 907. The number of ether oxygens (including phenoxy) is 1. The molecule has 0 aliphatic carbocycles. The van der Waals surface area contributed by atoms with Gasteiger partial charge in [0.1, 0.15) is 5.75 Å². The summed E-state index contributed by atoms with van der Waals surface area (Å²) >= 11 is 6.03. The number of rotatable bonds is 4. The van der Waals surface area contributed by atoms with Gasteiger partial charge in [0.25, 0.3) is 0 Å². The van der Waals surface area contributed by atoms with E-state index in [1.807, 2.05) is 32.0 Å². The van der Waals surface area contributed by atoms with E-state index in [2.05, 4.69) is 4.90 Å². The van der Waals surface area contributed by atoms with Gasteiger partial charge in [-0.25, -0.2) is 8.42 Å². The number of benzene rings is 2. The van der Waals surface area contributed by atoms with Crippen molar-refractivity contribution in [2.75, 3.05) is 38.2 Å². The first kappa shape index (κ1) is 19.0. The van der Waals surface area contributed by atoms with Gasteiger partial charge in [0, 0.05) is 36.9 Å². The smallest absolute Gasteiger partial charge is 0.243 e. The van der Waals surface area contributed by atoms with Crippen molar-refractivity contribution in [2.24, 2.45) is 0 Å². The molecule has 26 heavy (non-hydrogen) atoms. The third-order valence-electron chi connectivity index (χ3n) is 4.74.